The zero-order chi connectivity index (χ0) is 22.9. The fourth-order valence-electron chi connectivity index (χ4n) is 5.00. The van der Waals surface area contributed by atoms with E-state index in [-0.39, 0.29) is 23.5 Å². The number of Topliss-reactive ketones (excluding diaryl/α,β-unsaturated/α-hetero) is 1. The maximum Gasteiger partial charge on any atom is 0.225 e. The third-order valence-electron chi connectivity index (χ3n) is 6.65. The topological polar surface area (TPSA) is 55.4 Å². The number of carbonyl (C=O) groups excluding carboxylic acids is 2. The number of hydrogen-bond donors (Lipinski definition) is 1. The van der Waals surface area contributed by atoms with Crippen LogP contribution in [0.2, 0.25) is 0 Å². The second-order valence-corrected chi connectivity index (χ2v) is 9.61. The summed E-state index contributed by atoms with van der Waals surface area (Å²) in [6.07, 6.45) is 1.45. The van der Waals surface area contributed by atoms with Crippen molar-refractivity contribution >= 4 is 22.5 Å². The summed E-state index contributed by atoms with van der Waals surface area (Å²) >= 11 is 0. The number of carbonyl (C=O) groups is 2. The highest BCUT2D eigenvalue weighted by molar-refractivity contribution is 6.02. The Balaban J connectivity index is 1.42. The average Bonchev–Trinajstić information content (AvgIpc) is 2.82. The molecule has 1 heterocycles. The Morgan fingerprint density at radius 2 is 1.61 bits per heavy atom. The number of ketones is 1. The van der Waals surface area contributed by atoms with Gasteiger partial charge in [0.25, 0.3) is 0 Å². The quantitative estimate of drug-likeness (QED) is 0.540. The summed E-state index contributed by atoms with van der Waals surface area (Å²) < 4.78 is 5.79. The van der Waals surface area contributed by atoms with Gasteiger partial charge in [0, 0.05) is 30.0 Å². The van der Waals surface area contributed by atoms with Gasteiger partial charge in [-0.25, -0.2) is 0 Å². The second kappa shape index (κ2) is 8.86. The zero-order valence-electron chi connectivity index (χ0n) is 19.1. The standard InChI is InChI=1S/C29H29NO3/c1-18(2)17-33-24-11-9-20(10-12-24)23-14-26-29(27(31)15-23)25(16-28(32)30-26)22-8-7-19-5-3-4-6-21(19)13-22/h3-13,18,23,25H,14-17H2,1-2H3,(H,30,32). The number of allylic oxidation sites excluding steroid dienone is 2. The molecule has 0 radical (unpaired) electrons. The van der Waals surface area contributed by atoms with Crippen LogP contribution in [0.5, 0.6) is 5.75 Å². The van der Waals surface area contributed by atoms with E-state index in [0.717, 1.165) is 38.9 Å². The van der Waals surface area contributed by atoms with E-state index in [1.807, 2.05) is 36.4 Å². The first-order valence-electron chi connectivity index (χ1n) is 11.8. The molecule has 168 valence electrons. The highest BCUT2D eigenvalue weighted by Crippen LogP contribution is 2.43. The maximum atomic E-state index is 13.4. The summed E-state index contributed by atoms with van der Waals surface area (Å²) in [6, 6.07) is 22.5. The Labute approximate surface area is 194 Å². The number of nitrogens with one attached hydrogen (secondary N) is 1. The molecule has 0 saturated heterocycles. The molecule has 2 atom stereocenters. The summed E-state index contributed by atoms with van der Waals surface area (Å²) in [5.41, 5.74) is 3.73. The van der Waals surface area contributed by atoms with Crippen molar-refractivity contribution < 1.29 is 14.3 Å². The predicted molar refractivity (Wildman–Crippen MR) is 130 cm³/mol. The molecule has 1 N–H and O–H groups in total. The van der Waals surface area contributed by atoms with Gasteiger partial charge in [0.15, 0.2) is 5.78 Å². The highest BCUT2D eigenvalue weighted by atomic mass is 16.5. The summed E-state index contributed by atoms with van der Waals surface area (Å²) in [4.78, 5) is 26.0. The third kappa shape index (κ3) is 4.43. The lowest BCUT2D eigenvalue weighted by molar-refractivity contribution is -0.122. The molecule has 2 aliphatic rings. The van der Waals surface area contributed by atoms with Crippen molar-refractivity contribution in [3.05, 3.63) is 89.1 Å². The molecule has 1 aliphatic carbocycles. The van der Waals surface area contributed by atoms with Gasteiger partial charge in [0.05, 0.1) is 6.61 Å². The van der Waals surface area contributed by atoms with E-state index in [4.69, 9.17) is 4.74 Å². The number of amides is 1. The molecule has 0 bridgehead atoms. The Hall–Kier alpha value is -3.40. The van der Waals surface area contributed by atoms with E-state index in [9.17, 15) is 9.59 Å². The first kappa shape index (κ1) is 21.4. The number of fused-ring (bicyclic) bond motifs is 1. The molecule has 0 spiro atoms. The summed E-state index contributed by atoms with van der Waals surface area (Å²) in [5.74, 6) is 1.32. The van der Waals surface area contributed by atoms with Gasteiger partial charge >= 0.3 is 0 Å². The van der Waals surface area contributed by atoms with Gasteiger partial charge in [-0.3, -0.25) is 9.59 Å². The van der Waals surface area contributed by atoms with Crippen molar-refractivity contribution in [3.63, 3.8) is 0 Å². The van der Waals surface area contributed by atoms with Crippen molar-refractivity contribution in [1.29, 1.82) is 0 Å². The molecule has 4 heteroatoms. The number of hydrogen-bond acceptors (Lipinski definition) is 3. The SMILES string of the molecule is CC(C)COc1ccc(C2CC(=O)C3=C(C2)NC(=O)CC3c2ccc3ccccc3c2)cc1. The second-order valence-electron chi connectivity index (χ2n) is 9.61. The molecule has 1 aliphatic heterocycles. The largest absolute Gasteiger partial charge is 0.493 e. The Bertz CT molecular complexity index is 1240. The van der Waals surface area contributed by atoms with Crippen molar-refractivity contribution in [2.75, 3.05) is 6.61 Å². The van der Waals surface area contributed by atoms with Crippen LogP contribution in [0.3, 0.4) is 0 Å². The molecule has 0 fully saturated rings. The van der Waals surface area contributed by atoms with Crippen LogP contribution in [0.15, 0.2) is 78.0 Å². The maximum absolute atomic E-state index is 13.4. The normalized spacial score (nSPS) is 20.7. The first-order chi connectivity index (χ1) is 16.0. The van der Waals surface area contributed by atoms with Crippen molar-refractivity contribution in [1.82, 2.24) is 5.32 Å². The van der Waals surface area contributed by atoms with Crippen LogP contribution in [-0.2, 0) is 9.59 Å². The van der Waals surface area contributed by atoms with Crippen LogP contribution in [0, 0.1) is 5.92 Å². The Kier molecular flexibility index (Phi) is 5.76. The van der Waals surface area contributed by atoms with Crippen LogP contribution in [0.4, 0.5) is 0 Å². The van der Waals surface area contributed by atoms with Gasteiger partial charge in [-0.1, -0.05) is 68.4 Å². The lowest BCUT2D eigenvalue weighted by Crippen LogP contribution is -2.38. The minimum absolute atomic E-state index is 0.0159. The fourth-order valence-corrected chi connectivity index (χ4v) is 5.00. The van der Waals surface area contributed by atoms with Gasteiger partial charge in [-0.05, 0) is 52.3 Å². The van der Waals surface area contributed by atoms with Gasteiger partial charge in [-0.2, -0.15) is 0 Å². The number of ether oxygens (including phenoxy) is 1. The van der Waals surface area contributed by atoms with Crippen molar-refractivity contribution in [2.24, 2.45) is 5.92 Å². The summed E-state index contributed by atoms with van der Waals surface area (Å²) in [5, 5.41) is 5.31. The molecule has 5 rings (SSSR count). The molecule has 1 amide bonds. The third-order valence-corrected chi connectivity index (χ3v) is 6.65. The molecular formula is C29H29NO3. The lowest BCUT2D eigenvalue weighted by Gasteiger charge is -2.34. The molecule has 0 saturated carbocycles. The fraction of sp³-hybridized carbons (Fsp3) is 0.310. The van der Waals surface area contributed by atoms with E-state index in [1.165, 1.54) is 0 Å². The van der Waals surface area contributed by atoms with Crippen LogP contribution in [0.1, 0.15) is 56.1 Å². The minimum atomic E-state index is -0.182. The minimum Gasteiger partial charge on any atom is -0.493 e. The highest BCUT2D eigenvalue weighted by Gasteiger charge is 2.38. The van der Waals surface area contributed by atoms with E-state index < -0.39 is 0 Å². The molecule has 2 unspecified atom stereocenters. The van der Waals surface area contributed by atoms with E-state index >= 15 is 0 Å². The van der Waals surface area contributed by atoms with Gasteiger partial charge < -0.3 is 10.1 Å². The number of benzene rings is 3. The van der Waals surface area contributed by atoms with Crippen molar-refractivity contribution in [2.45, 2.75) is 44.9 Å². The van der Waals surface area contributed by atoms with E-state index in [0.29, 0.717) is 31.8 Å². The van der Waals surface area contributed by atoms with Crippen LogP contribution >= 0.6 is 0 Å². The van der Waals surface area contributed by atoms with E-state index in [1.54, 1.807) is 0 Å². The molecular weight excluding hydrogens is 410 g/mol. The van der Waals surface area contributed by atoms with Crippen LogP contribution < -0.4 is 10.1 Å². The average molecular weight is 440 g/mol. The predicted octanol–water partition coefficient (Wildman–Crippen LogP) is 5.88. The Morgan fingerprint density at radius 3 is 2.36 bits per heavy atom. The molecule has 4 nitrogen and oxygen atoms in total. The Morgan fingerprint density at radius 1 is 0.879 bits per heavy atom. The van der Waals surface area contributed by atoms with Gasteiger partial charge in [0.2, 0.25) is 5.91 Å². The van der Waals surface area contributed by atoms with Gasteiger partial charge in [0.1, 0.15) is 5.75 Å². The molecule has 0 aromatic heterocycles. The van der Waals surface area contributed by atoms with Crippen molar-refractivity contribution in [3.8, 4) is 5.75 Å². The van der Waals surface area contributed by atoms with E-state index in [2.05, 4.69) is 49.5 Å². The summed E-state index contributed by atoms with van der Waals surface area (Å²) in [7, 11) is 0. The monoisotopic (exact) mass is 439 g/mol. The lowest BCUT2D eigenvalue weighted by atomic mass is 9.73. The smallest absolute Gasteiger partial charge is 0.225 e. The molecule has 3 aromatic rings. The number of rotatable bonds is 5. The molecule has 3 aromatic carbocycles. The van der Waals surface area contributed by atoms with Gasteiger partial charge in [-0.15, -0.1) is 0 Å². The first-order valence-corrected chi connectivity index (χ1v) is 11.8. The summed E-state index contributed by atoms with van der Waals surface area (Å²) in [6.45, 7) is 4.92. The molecule has 33 heavy (non-hydrogen) atoms. The zero-order valence-corrected chi connectivity index (χ0v) is 19.1. The van der Waals surface area contributed by atoms with Crippen LogP contribution in [0.25, 0.3) is 10.8 Å². The van der Waals surface area contributed by atoms with Crippen LogP contribution in [-0.4, -0.2) is 18.3 Å².